The highest BCUT2D eigenvalue weighted by Gasteiger charge is 2.23. The van der Waals surface area contributed by atoms with Gasteiger partial charge in [0, 0.05) is 12.2 Å². The third kappa shape index (κ3) is 5.82. The first-order chi connectivity index (χ1) is 14.2. The lowest BCUT2D eigenvalue weighted by Gasteiger charge is -2.23. The average Bonchev–Trinajstić information content (AvgIpc) is 3.10. The van der Waals surface area contributed by atoms with Gasteiger partial charge in [-0.25, -0.2) is 8.42 Å². The monoisotopic (exact) mass is 426 g/mol. The molecule has 0 spiro atoms. The van der Waals surface area contributed by atoms with Crippen LogP contribution in [0.25, 0.3) is 6.08 Å². The van der Waals surface area contributed by atoms with Crippen LogP contribution in [-0.2, 0) is 26.8 Å². The van der Waals surface area contributed by atoms with Crippen molar-refractivity contribution in [1.82, 2.24) is 0 Å². The summed E-state index contributed by atoms with van der Waals surface area (Å²) in [4.78, 5) is 11.2. The SMILES string of the molecule is CC[C@](C)(C=O)Oc1ccc(CCCC2C=Cc3cc(CS(C)(=O)=O)ccc32)cc1. The fourth-order valence-corrected chi connectivity index (χ4v) is 4.56. The van der Waals surface area contributed by atoms with E-state index >= 15 is 0 Å². The highest BCUT2D eigenvalue weighted by atomic mass is 32.2. The number of rotatable bonds is 10. The maximum Gasteiger partial charge on any atom is 0.163 e. The summed E-state index contributed by atoms with van der Waals surface area (Å²) >= 11 is 0. The summed E-state index contributed by atoms with van der Waals surface area (Å²) < 4.78 is 28.8. The number of allylic oxidation sites excluding steroid dienone is 1. The Balaban J connectivity index is 1.53. The van der Waals surface area contributed by atoms with Gasteiger partial charge in [-0.3, -0.25) is 4.79 Å². The van der Waals surface area contributed by atoms with Crippen molar-refractivity contribution in [3.05, 3.63) is 70.8 Å². The molecule has 5 heteroatoms. The molecular formula is C25H30O4S. The van der Waals surface area contributed by atoms with E-state index in [0.29, 0.717) is 18.1 Å². The van der Waals surface area contributed by atoms with E-state index < -0.39 is 15.4 Å². The quantitative estimate of drug-likeness (QED) is 0.495. The van der Waals surface area contributed by atoms with Crippen LogP contribution in [-0.4, -0.2) is 26.6 Å². The minimum atomic E-state index is -3.02. The van der Waals surface area contributed by atoms with Crippen molar-refractivity contribution in [3.63, 3.8) is 0 Å². The van der Waals surface area contributed by atoms with Crippen LogP contribution in [0.4, 0.5) is 0 Å². The fourth-order valence-electron chi connectivity index (χ4n) is 3.77. The molecule has 2 atom stereocenters. The first kappa shape index (κ1) is 22.3. The number of ether oxygens (including phenoxy) is 1. The van der Waals surface area contributed by atoms with Crippen LogP contribution in [0, 0.1) is 0 Å². The number of hydrogen-bond acceptors (Lipinski definition) is 4. The number of sulfone groups is 1. The maximum atomic E-state index is 11.5. The number of carbonyl (C=O) groups is 1. The molecular weight excluding hydrogens is 396 g/mol. The first-order valence-corrected chi connectivity index (χ1v) is 12.5. The second kappa shape index (κ2) is 9.17. The smallest absolute Gasteiger partial charge is 0.163 e. The van der Waals surface area contributed by atoms with Gasteiger partial charge in [-0.2, -0.15) is 0 Å². The third-order valence-corrected chi connectivity index (χ3v) is 6.55. The van der Waals surface area contributed by atoms with Crippen LogP contribution in [0.5, 0.6) is 5.75 Å². The standard InChI is InChI=1S/C25H30O4S/c1-4-25(2,18-26)29-23-13-8-19(9-14-23)6-5-7-21-11-12-22-16-20(10-15-24(21)22)17-30(3,27)28/h8-16,18,21H,4-7,17H2,1-3H3/t21?,25-/m1/s1. The summed E-state index contributed by atoms with van der Waals surface area (Å²) in [6.45, 7) is 3.73. The molecule has 0 amide bonds. The first-order valence-electron chi connectivity index (χ1n) is 10.4. The van der Waals surface area contributed by atoms with Crippen molar-refractivity contribution in [2.45, 2.75) is 56.8 Å². The van der Waals surface area contributed by atoms with Crippen LogP contribution >= 0.6 is 0 Å². The van der Waals surface area contributed by atoms with Crippen molar-refractivity contribution in [2.24, 2.45) is 0 Å². The van der Waals surface area contributed by atoms with Gasteiger partial charge in [0.2, 0.25) is 0 Å². The lowest BCUT2D eigenvalue weighted by Crippen LogP contribution is -2.33. The fraction of sp³-hybridized carbons (Fsp3) is 0.400. The molecule has 0 saturated heterocycles. The molecule has 0 N–H and O–H groups in total. The topological polar surface area (TPSA) is 60.4 Å². The second-order valence-corrected chi connectivity index (χ2v) is 10.6. The largest absolute Gasteiger partial charge is 0.480 e. The Bertz CT molecular complexity index is 1020. The van der Waals surface area contributed by atoms with Gasteiger partial charge < -0.3 is 4.74 Å². The molecule has 3 rings (SSSR count). The van der Waals surface area contributed by atoms with Gasteiger partial charge in [0.15, 0.2) is 21.7 Å². The molecule has 0 saturated carbocycles. The van der Waals surface area contributed by atoms with E-state index in [1.54, 1.807) is 6.92 Å². The maximum absolute atomic E-state index is 11.5. The number of aldehydes is 1. The molecule has 1 aliphatic carbocycles. The minimum absolute atomic E-state index is 0.0861. The molecule has 1 aliphatic rings. The summed E-state index contributed by atoms with van der Waals surface area (Å²) in [6, 6.07) is 14.0. The second-order valence-electron chi connectivity index (χ2n) is 8.42. The molecule has 0 aromatic heterocycles. The van der Waals surface area contributed by atoms with Crippen molar-refractivity contribution < 1.29 is 17.9 Å². The lowest BCUT2D eigenvalue weighted by molar-refractivity contribution is -0.120. The number of carbonyl (C=O) groups excluding carboxylic acids is 1. The predicted octanol–water partition coefficient (Wildman–Crippen LogP) is 5.11. The van der Waals surface area contributed by atoms with Gasteiger partial charge in [0.25, 0.3) is 0 Å². The van der Waals surface area contributed by atoms with Crippen molar-refractivity contribution >= 4 is 22.2 Å². The van der Waals surface area contributed by atoms with Crippen LogP contribution in [0.15, 0.2) is 48.5 Å². The normalized spacial score (nSPS) is 17.4. The number of benzene rings is 2. The van der Waals surface area contributed by atoms with Gasteiger partial charge in [0.1, 0.15) is 5.75 Å². The Morgan fingerprint density at radius 2 is 1.80 bits per heavy atom. The Labute approximate surface area is 179 Å². The summed E-state index contributed by atoms with van der Waals surface area (Å²) in [6.07, 6.45) is 10.2. The average molecular weight is 427 g/mol. The van der Waals surface area contributed by atoms with Crippen molar-refractivity contribution in [2.75, 3.05) is 6.26 Å². The lowest BCUT2D eigenvalue weighted by atomic mass is 9.93. The summed E-state index contributed by atoms with van der Waals surface area (Å²) in [5, 5.41) is 0. The highest BCUT2D eigenvalue weighted by molar-refractivity contribution is 7.89. The van der Waals surface area contributed by atoms with E-state index in [1.165, 1.54) is 17.4 Å². The zero-order valence-corrected chi connectivity index (χ0v) is 18.7. The number of aryl methyl sites for hydroxylation is 1. The summed E-state index contributed by atoms with van der Waals surface area (Å²) in [5.74, 6) is 1.18. The molecule has 160 valence electrons. The Hall–Kier alpha value is -2.40. The van der Waals surface area contributed by atoms with E-state index in [9.17, 15) is 13.2 Å². The molecule has 2 aromatic rings. The molecule has 1 unspecified atom stereocenters. The molecule has 4 nitrogen and oxygen atoms in total. The molecule has 0 fully saturated rings. The van der Waals surface area contributed by atoms with Crippen molar-refractivity contribution in [3.8, 4) is 5.75 Å². The van der Waals surface area contributed by atoms with E-state index in [4.69, 9.17) is 4.74 Å². The minimum Gasteiger partial charge on any atom is -0.480 e. The number of hydrogen-bond donors (Lipinski definition) is 0. The zero-order valence-electron chi connectivity index (χ0n) is 17.9. The Kier molecular flexibility index (Phi) is 6.81. The van der Waals surface area contributed by atoms with Gasteiger partial charge in [0.05, 0.1) is 5.75 Å². The van der Waals surface area contributed by atoms with E-state index in [1.807, 2.05) is 31.2 Å². The van der Waals surface area contributed by atoms with E-state index in [0.717, 1.165) is 36.7 Å². The van der Waals surface area contributed by atoms with Crippen LogP contribution in [0.3, 0.4) is 0 Å². The molecule has 0 radical (unpaired) electrons. The van der Waals surface area contributed by atoms with Gasteiger partial charge in [-0.15, -0.1) is 0 Å². The highest BCUT2D eigenvalue weighted by Crippen LogP contribution is 2.34. The zero-order chi connectivity index (χ0) is 21.8. The molecule has 30 heavy (non-hydrogen) atoms. The van der Waals surface area contributed by atoms with Gasteiger partial charge in [-0.05, 0) is 67.0 Å². The van der Waals surface area contributed by atoms with Gasteiger partial charge >= 0.3 is 0 Å². The van der Waals surface area contributed by atoms with Crippen LogP contribution < -0.4 is 4.74 Å². The number of fused-ring (bicyclic) bond motifs is 1. The van der Waals surface area contributed by atoms with E-state index in [2.05, 4.69) is 30.4 Å². The van der Waals surface area contributed by atoms with Crippen molar-refractivity contribution in [1.29, 1.82) is 0 Å². The van der Waals surface area contributed by atoms with E-state index in [-0.39, 0.29) is 5.75 Å². The summed E-state index contributed by atoms with van der Waals surface area (Å²) in [7, 11) is -3.02. The third-order valence-electron chi connectivity index (χ3n) is 5.69. The Morgan fingerprint density at radius 1 is 1.10 bits per heavy atom. The van der Waals surface area contributed by atoms with Crippen LogP contribution in [0.1, 0.15) is 61.3 Å². The predicted molar refractivity (Wildman–Crippen MR) is 122 cm³/mol. The summed E-state index contributed by atoms with van der Waals surface area (Å²) in [5.41, 5.74) is 3.74. The molecule has 2 aromatic carbocycles. The van der Waals surface area contributed by atoms with Crippen LogP contribution in [0.2, 0.25) is 0 Å². The molecule has 0 bridgehead atoms. The molecule has 0 aliphatic heterocycles. The Morgan fingerprint density at radius 3 is 2.43 bits per heavy atom. The molecule has 0 heterocycles. The van der Waals surface area contributed by atoms with Gasteiger partial charge in [-0.1, -0.05) is 49.4 Å².